The highest BCUT2D eigenvalue weighted by Crippen LogP contribution is 2.48. The van der Waals surface area contributed by atoms with Gasteiger partial charge < -0.3 is 10.1 Å². The molecule has 3 heteroatoms. The zero-order valence-electron chi connectivity index (χ0n) is 8.59. The van der Waals surface area contributed by atoms with E-state index in [9.17, 15) is 0 Å². The van der Waals surface area contributed by atoms with E-state index in [1.54, 1.807) is 0 Å². The van der Waals surface area contributed by atoms with Gasteiger partial charge in [-0.25, -0.2) is 0 Å². The number of hydrogen-bond donors (Lipinski definition) is 1. The van der Waals surface area contributed by atoms with Crippen molar-refractivity contribution in [2.24, 2.45) is 5.41 Å². The van der Waals surface area contributed by atoms with Crippen LogP contribution in [0.15, 0.2) is 0 Å². The standard InChI is InChI=1S/C11H18N2O/c12-6-5-11(3-4-11)9-14-10-1-7-13-8-2-10/h10,13H,1-5,7-9H2. The van der Waals surface area contributed by atoms with Crippen molar-refractivity contribution in [3.63, 3.8) is 0 Å². The lowest BCUT2D eigenvalue weighted by molar-refractivity contribution is 0.00647. The molecule has 0 unspecified atom stereocenters. The average Bonchev–Trinajstić information content (AvgIpc) is 2.98. The molecule has 0 amide bonds. The monoisotopic (exact) mass is 194 g/mol. The smallest absolute Gasteiger partial charge is 0.0628 e. The largest absolute Gasteiger partial charge is 0.378 e. The zero-order chi connectivity index (χ0) is 9.86. The molecule has 0 radical (unpaired) electrons. The van der Waals surface area contributed by atoms with Gasteiger partial charge in [-0.3, -0.25) is 0 Å². The molecule has 1 aliphatic carbocycles. The Labute approximate surface area is 85.4 Å². The Hall–Kier alpha value is -0.590. The molecular weight excluding hydrogens is 176 g/mol. The van der Waals surface area contributed by atoms with E-state index in [2.05, 4.69) is 11.4 Å². The summed E-state index contributed by atoms with van der Waals surface area (Å²) in [4.78, 5) is 0. The Bertz CT molecular complexity index is 224. The predicted molar refractivity (Wildman–Crippen MR) is 53.7 cm³/mol. The number of ether oxygens (including phenoxy) is 1. The van der Waals surface area contributed by atoms with Crippen molar-refractivity contribution in [1.29, 1.82) is 5.26 Å². The van der Waals surface area contributed by atoms with Crippen LogP contribution in [0.5, 0.6) is 0 Å². The number of piperidine rings is 1. The minimum Gasteiger partial charge on any atom is -0.378 e. The molecule has 0 aromatic carbocycles. The van der Waals surface area contributed by atoms with Crippen LogP contribution >= 0.6 is 0 Å². The van der Waals surface area contributed by atoms with Gasteiger partial charge in [0.15, 0.2) is 0 Å². The van der Waals surface area contributed by atoms with E-state index < -0.39 is 0 Å². The third-order valence-electron chi connectivity index (χ3n) is 3.32. The van der Waals surface area contributed by atoms with E-state index in [1.807, 2.05) is 0 Å². The molecule has 0 bridgehead atoms. The Morgan fingerprint density at radius 2 is 2.07 bits per heavy atom. The minimum absolute atomic E-state index is 0.250. The first-order valence-corrected chi connectivity index (χ1v) is 5.54. The molecule has 2 aliphatic rings. The number of nitrogens with zero attached hydrogens (tertiary/aromatic N) is 1. The lowest BCUT2D eigenvalue weighted by Crippen LogP contribution is -2.33. The molecule has 0 atom stereocenters. The molecule has 1 aliphatic heterocycles. The maximum absolute atomic E-state index is 8.66. The second-order valence-corrected chi connectivity index (χ2v) is 4.60. The molecule has 0 spiro atoms. The molecule has 2 fully saturated rings. The number of rotatable bonds is 4. The van der Waals surface area contributed by atoms with Gasteiger partial charge >= 0.3 is 0 Å². The molecule has 1 saturated carbocycles. The van der Waals surface area contributed by atoms with Crippen molar-refractivity contribution in [2.75, 3.05) is 19.7 Å². The van der Waals surface area contributed by atoms with Crippen LogP contribution in [-0.4, -0.2) is 25.8 Å². The first-order chi connectivity index (χ1) is 6.85. The molecule has 2 rings (SSSR count). The van der Waals surface area contributed by atoms with Gasteiger partial charge in [0.05, 0.1) is 18.8 Å². The summed E-state index contributed by atoms with van der Waals surface area (Å²) in [6.07, 6.45) is 5.74. The van der Waals surface area contributed by atoms with Crippen LogP contribution < -0.4 is 5.32 Å². The SMILES string of the molecule is N#CCC1(COC2CCNCC2)CC1. The number of nitrogens with one attached hydrogen (secondary N) is 1. The second-order valence-electron chi connectivity index (χ2n) is 4.60. The lowest BCUT2D eigenvalue weighted by atomic mass is 10.0. The van der Waals surface area contributed by atoms with Crippen LogP contribution in [0.4, 0.5) is 0 Å². The van der Waals surface area contributed by atoms with Crippen LogP contribution in [0.25, 0.3) is 0 Å². The Kier molecular flexibility index (Phi) is 3.05. The van der Waals surface area contributed by atoms with Gasteiger partial charge in [0.1, 0.15) is 0 Å². The molecule has 14 heavy (non-hydrogen) atoms. The summed E-state index contributed by atoms with van der Waals surface area (Å²) in [6, 6.07) is 2.27. The molecule has 78 valence electrons. The van der Waals surface area contributed by atoms with Gasteiger partial charge in [-0.2, -0.15) is 5.26 Å². The second kappa shape index (κ2) is 4.29. The van der Waals surface area contributed by atoms with Gasteiger partial charge in [-0.15, -0.1) is 0 Å². The average molecular weight is 194 g/mol. The Morgan fingerprint density at radius 3 is 2.64 bits per heavy atom. The van der Waals surface area contributed by atoms with E-state index >= 15 is 0 Å². The van der Waals surface area contributed by atoms with Crippen molar-refractivity contribution in [3.8, 4) is 6.07 Å². The third-order valence-corrected chi connectivity index (χ3v) is 3.32. The summed E-state index contributed by atoms with van der Waals surface area (Å²) in [7, 11) is 0. The van der Waals surface area contributed by atoms with Crippen LogP contribution in [0.1, 0.15) is 32.1 Å². The van der Waals surface area contributed by atoms with Gasteiger partial charge in [0.25, 0.3) is 0 Å². The summed E-state index contributed by atoms with van der Waals surface area (Å²) < 4.78 is 5.87. The first-order valence-electron chi connectivity index (χ1n) is 5.54. The third kappa shape index (κ3) is 2.46. The van der Waals surface area contributed by atoms with Crippen LogP contribution in [0.3, 0.4) is 0 Å². The number of hydrogen-bond acceptors (Lipinski definition) is 3. The van der Waals surface area contributed by atoms with Gasteiger partial charge in [0.2, 0.25) is 0 Å². The topological polar surface area (TPSA) is 45.0 Å². The Morgan fingerprint density at radius 1 is 1.36 bits per heavy atom. The molecule has 1 saturated heterocycles. The van der Waals surface area contributed by atoms with E-state index in [0.717, 1.165) is 32.5 Å². The molecule has 1 heterocycles. The molecule has 1 N–H and O–H groups in total. The quantitative estimate of drug-likeness (QED) is 0.736. The summed E-state index contributed by atoms with van der Waals surface area (Å²) >= 11 is 0. The van der Waals surface area contributed by atoms with Crippen molar-refractivity contribution in [1.82, 2.24) is 5.32 Å². The normalized spacial score (nSPS) is 25.6. The van der Waals surface area contributed by atoms with E-state index in [0.29, 0.717) is 12.5 Å². The van der Waals surface area contributed by atoms with Crippen LogP contribution in [0, 0.1) is 16.7 Å². The lowest BCUT2D eigenvalue weighted by Gasteiger charge is -2.24. The summed E-state index contributed by atoms with van der Waals surface area (Å²) in [6.45, 7) is 2.97. The predicted octanol–water partition coefficient (Wildman–Crippen LogP) is 1.45. The van der Waals surface area contributed by atoms with Gasteiger partial charge in [-0.1, -0.05) is 0 Å². The summed E-state index contributed by atoms with van der Waals surface area (Å²) in [5, 5.41) is 12.0. The van der Waals surface area contributed by atoms with Gasteiger partial charge in [-0.05, 0) is 38.8 Å². The highest BCUT2D eigenvalue weighted by molar-refractivity contribution is 4.99. The minimum atomic E-state index is 0.250. The van der Waals surface area contributed by atoms with Crippen molar-refractivity contribution in [3.05, 3.63) is 0 Å². The first kappa shape index (κ1) is 9.95. The van der Waals surface area contributed by atoms with Crippen molar-refractivity contribution >= 4 is 0 Å². The van der Waals surface area contributed by atoms with Gasteiger partial charge in [0, 0.05) is 11.8 Å². The highest BCUT2D eigenvalue weighted by Gasteiger charge is 2.43. The summed E-state index contributed by atoms with van der Waals surface area (Å²) in [5.74, 6) is 0. The van der Waals surface area contributed by atoms with E-state index in [1.165, 1.54) is 12.8 Å². The molecule has 0 aromatic rings. The fourth-order valence-electron chi connectivity index (χ4n) is 1.97. The zero-order valence-corrected chi connectivity index (χ0v) is 8.59. The fourth-order valence-corrected chi connectivity index (χ4v) is 1.97. The van der Waals surface area contributed by atoms with Crippen LogP contribution in [0.2, 0.25) is 0 Å². The maximum atomic E-state index is 8.66. The number of nitriles is 1. The fraction of sp³-hybridized carbons (Fsp3) is 0.909. The van der Waals surface area contributed by atoms with Crippen molar-refractivity contribution < 1.29 is 4.74 Å². The molecule has 3 nitrogen and oxygen atoms in total. The summed E-state index contributed by atoms with van der Waals surface area (Å²) in [5.41, 5.74) is 0.250. The van der Waals surface area contributed by atoms with Crippen LogP contribution in [-0.2, 0) is 4.74 Å². The highest BCUT2D eigenvalue weighted by atomic mass is 16.5. The van der Waals surface area contributed by atoms with Crippen molar-refractivity contribution in [2.45, 2.75) is 38.2 Å². The maximum Gasteiger partial charge on any atom is 0.0628 e. The molecule has 0 aromatic heterocycles. The Balaban J connectivity index is 1.69. The van der Waals surface area contributed by atoms with E-state index in [-0.39, 0.29) is 5.41 Å². The molecular formula is C11H18N2O. The van der Waals surface area contributed by atoms with E-state index in [4.69, 9.17) is 10.00 Å².